The molecule has 1 aliphatic carbocycles. The van der Waals surface area contributed by atoms with E-state index in [9.17, 15) is 0 Å². The molecular weight excluding hydrogens is 266 g/mol. The molecule has 3 N–H and O–H groups in total. The third-order valence-corrected chi connectivity index (χ3v) is 6.00. The third-order valence-electron chi connectivity index (χ3n) is 6.00. The Labute approximate surface area is 127 Å². The first-order valence-electron chi connectivity index (χ1n) is 8.44. The van der Waals surface area contributed by atoms with E-state index in [0.717, 1.165) is 32.5 Å². The summed E-state index contributed by atoms with van der Waals surface area (Å²) in [7, 11) is 0. The number of piperidine rings is 1. The fourth-order valence-corrected chi connectivity index (χ4v) is 4.31. The Bertz CT molecular complexity index is 396. The minimum atomic E-state index is -0.144. The molecule has 3 fully saturated rings. The molecule has 120 valence electrons. The van der Waals surface area contributed by atoms with Crippen molar-refractivity contribution in [1.29, 1.82) is 0 Å². The second-order valence-electron chi connectivity index (χ2n) is 7.52. The Morgan fingerprint density at radius 2 is 1.90 bits per heavy atom. The molecule has 2 aliphatic heterocycles. The SMILES string of the molecule is CC1(C(N)=NO)CCN(CC2CCC3(CCCC3)O2)CC1. The highest BCUT2D eigenvalue weighted by Gasteiger charge is 2.43. The first-order valence-corrected chi connectivity index (χ1v) is 8.44. The van der Waals surface area contributed by atoms with Crippen LogP contribution in [0.1, 0.15) is 58.3 Å². The number of ether oxygens (including phenoxy) is 1. The third kappa shape index (κ3) is 3.04. The van der Waals surface area contributed by atoms with Crippen LogP contribution < -0.4 is 5.73 Å². The number of oxime groups is 1. The standard InChI is InChI=1S/C16H29N3O2/c1-15(14(17)18-20)8-10-19(11-9-15)12-13-4-7-16(21-13)5-2-3-6-16/h13,20H,2-12H2,1H3,(H2,17,18). The van der Waals surface area contributed by atoms with Crippen LogP contribution in [0, 0.1) is 5.41 Å². The van der Waals surface area contributed by atoms with Crippen molar-refractivity contribution < 1.29 is 9.94 Å². The van der Waals surface area contributed by atoms with Gasteiger partial charge in [-0.3, -0.25) is 0 Å². The average Bonchev–Trinajstić information content (AvgIpc) is 3.11. The lowest BCUT2D eigenvalue weighted by Crippen LogP contribution is -2.47. The molecule has 0 bridgehead atoms. The van der Waals surface area contributed by atoms with Crippen LogP contribution in [0.3, 0.4) is 0 Å². The highest BCUT2D eigenvalue weighted by molar-refractivity contribution is 5.85. The summed E-state index contributed by atoms with van der Waals surface area (Å²) in [5.74, 6) is 0.379. The van der Waals surface area contributed by atoms with E-state index in [1.165, 1.54) is 38.5 Å². The van der Waals surface area contributed by atoms with Gasteiger partial charge in [0.1, 0.15) is 5.84 Å². The largest absolute Gasteiger partial charge is 0.409 e. The van der Waals surface area contributed by atoms with Gasteiger partial charge in [0.2, 0.25) is 0 Å². The van der Waals surface area contributed by atoms with Gasteiger partial charge in [0.05, 0.1) is 11.7 Å². The van der Waals surface area contributed by atoms with Gasteiger partial charge in [-0.15, -0.1) is 0 Å². The maximum absolute atomic E-state index is 8.90. The summed E-state index contributed by atoms with van der Waals surface area (Å²) in [5, 5.41) is 12.1. The second kappa shape index (κ2) is 5.76. The normalized spacial score (nSPS) is 32.8. The van der Waals surface area contributed by atoms with Crippen molar-refractivity contribution in [2.45, 2.75) is 70.0 Å². The summed E-state index contributed by atoms with van der Waals surface area (Å²) in [4.78, 5) is 2.49. The molecule has 21 heavy (non-hydrogen) atoms. The highest BCUT2D eigenvalue weighted by atomic mass is 16.5. The summed E-state index contributed by atoms with van der Waals surface area (Å²) < 4.78 is 6.40. The van der Waals surface area contributed by atoms with Crippen molar-refractivity contribution in [3.8, 4) is 0 Å². The van der Waals surface area contributed by atoms with E-state index < -0.39 is 0 Å². The minimum Gasteiger partial charge on any atom is -0.409 e. The molecule has 0 aromatic rings. The number of nitrogens with zero attached hydrogens (tertiary/aromatic N) is 2. The van der Waals surface area contributed by atoms with Crippen molar-refractivity contribution in [3.05, 3.63) is 0 Å². The summed E-state index contributed by atoms with van der Waals surface area (Å²) in [5.41, 5.74) is 5.92. The molecule has 0 aromatic carbocycles. The number of likely N-dealkylation sites (tertiary alicyclic amines) is 1. The molecule has 2 heterocycles. The van der Waals surface area contributed by atoms with E-state index in [0.29, 0.717) is 11.9 Å². The molecule has 0 aromatic heterocycles. The smallest absolute Gasteiger partial charge is 0.145 e. The first kappa shape index (κ1) is 15.1. The van der Waals surface area contributed by atoms with E-state index in [1.807, 2.05) is 0 Å². The lowest BCUT2D eigenvalue weighted by atomic mass is 9.79. The Balaban J connectivity index is 1.48. The molecule has 0 amide bonds. The van der Waals surface area contributed by atoms with Crippen molar-refractivity contribution in [2.75, 3.05) is 19.6 Å². The van der Waals surface area contributed by atoms with Crippen LogP contribution in [0.5, 0.6) is 0 Å². The van der Waals surface area contributed by atoms with E-state index in [4.69, 9.17) is 15.7 Å². The fourth-order valence-electron chi connectivity index (χ4n) is 4.31. The van der Waals surface area contributed by atoms with Gasteiger partial charge in [0.25, 0.3) is 0 Å². The Morgan fingerprint density at radius 3 is 2.52 bits per heavy atom. The quantitative estimate of drug-likeness (QED) is 0.363. The first-order chi connectivity index (χ1) is 10.1. The van der Waals surface area contributed by atoms with Crippen LogP contribution in [-0.2, 0) is 4.74 Å². The van der Waals surface area contributed by atoms with Crippen LogP contribution in [0.4, 0.5) is 0 Å². The summed E-state index contributed by atoms with van der Waals surface area (Å²) >= 11 is 0. The molecular formula is C16H29N3O2. The van der Waals surface area contributed by atoms with Gasteiger partial charge in [-0.25, -0.2) is 0 Å². The molecule has 1 spiro atoms. The topological polar surface area (TPSA) is 71.1 Å². The Morgan fingerprint density at radius 1 is 1.24 bits per heavy atom. The molecule has 1 saturated carbocycles. The second-order valence-corrected chi connectivity index (χ2v) is 7.52. The molecule has 0 radical (unpaired) electrons. The van der Waals surface area contributed by atoms with Crippen molar-refractivity contribution >= 4 is 5.84 Å². The van der Waals surface area contributed by atoms with Crippen LogP contribution in [0.2, 0.25) is 0 Å². The van der Waals surface area contributed by atoms with E-state index >= 15 is 0 Å². The number of rotatable bonds is 3. The maximum atomic E-state index is 8.90. The molecule has 1 atom stereocenters. The highest BCUT2D eigenvalue weighted by Crippen LogP contribution is 2.43. The summed E-state index contributed by atoms with van der Waals surface area (Å²) in [6, 6.07) is 0. The van der Waals surface area contributed by atoms with Gasteiger partial charge in [-0.2, -0.15) is 0 Å². The van der Waals surface area contributed by atoms with E-state index in [1.54, 1.807) is 0 Å². The molecule has 1 unspecified atom stereocenters. The van der Waals surface area contributed by atoms with Gasteiger partial charge in [0, 0.05) is 12.0 Å². The zero-order valence-electron chi connectivity index (χ0n) is 13.2. The van der Waals surface area contributed by atoms with Crippen LogP contribution in [0.25, 0.3) is 0 Å². The molecule has 5 nitrogen and oxygen atoms in total. The van der Waals surface area contributed by atoms with E-state index in [-0.39, 0.29) is 11.0 Å². The number of hydrogen-bond acceptors (Lipinski definition) is 4. The van der Waals surface area contributed by atoms with Crippen molar-refractivity contribution in [1.82, 2.24) is 4.90 Å². The van der Waals surface area contributed by atoms with Gasteiger partial charge in [-0.05, 0) is 51.6 Å². The predicted molar refractivity (Wildman–Crippen MR) is 82.5 cm³/mol. The molecule has 3 rings (SSSR count). The molecule has 2 saturated heterocycles. The average molecular weight is 295 g/mol. The molecule has 3 aliphatic rings. The van der Waals surface area contributed by atoms with Gasteiger partial charge < -0.3 is 20.6 Å². The maximum Gasteiger partial charge on any atom is 0.145 e. The van der Waals surface area contributed by atoms with Crippen molar-refractivity contribution in [2.24, 2.45) is 16.3 Å². The van der Waals surface area contributed by atoms with Crippen LogP contribution >= 0.6 is 0 Å². The number of hydrogen-bond donors (Lipinski definition) is 2. The van der Waals surface area contributed by atoms with Gasteiger partial charge in [-0.1, -0.05) is 24.9 Å². The lowest BCUT2D eigenvalue weighted by Gasteiger charge is -2.39. The lowest BCUT2D eigenvalue weighted by molar-refractivity contribution is -0.0505. The van der Waals surface area contributed by atoms with Crippen LogP contribution in [0.15, 0.2) is 5.16 Å². The number of nitrogens with two attached hydrogens (primary N) is 1. The van der Waals surface area contributed by atoms with Gasteiger partial charge in [0.15, 0.2) is 0 Å². The molecule has 5 heteroatoms. The monoisotopic (exact) mass is 295 g/mol. The zero-order chi connectivity index (χ0) is 14.9. The minimum absolute atomic E-state index is 0.144. The van der Waals surface area contributed by atoms with E-state index in [2.05, 4.69) is 17.0 Å². The Kier molecular flexibility index (Phi) is 4.14. The van der Waals surface area contributed by atoms with Crippen LogP contribution in [-0.4, -0.2) is 47.3 Å². The van der Waals surface area contributed by atoms with Crippen molar-refractivity contribution in [3.63, 3.8) is 0 Å². The predicted octanol–water partition coefficient (Wildman–Crippen LogP) is 2.33. The fraction of sp³-hybridized carbons (Fsp3) is 0.938. The summed E-state index contributed by atoms with van der Waals surface area (Å²) in [6.45, 7) is 5.17. The zero-order valence-corrected chi connectivity index (χ0v) is 13.2. The Hall–Kier alpha value is -0.810. The number of amidine groups is 1. The summed E-state index contributed by atoms with van der Waals surface area (Å²) in [6.07, 6.45) is 10.0. The van der Waals surface area contributed by atoms with Gasteiger partial charge >= 0.3 is 0 Å².